The molecule has 0 saturated heterocycles. The number of nitrogens with one attached hydrogen (secondary N) is 1. The average molecular weight is 409 g/mol. The number of rotatable bonds is 9. The minimum absolute atomic E-state index is 0.235. The maximum atomic E-state index is 13.0. The molecule has 0 unspecified atom stereocenters. The highest BCUT2D eigenvalue weighted by Gasteiger charge is 2.17. The number of likely N-dealkylation sites (N-methyl/N-ethyl adjacent to an activating group) is 1. The van der Waals surface area contributed by atoms with Gasteiger partial charge in [-0.05, 0) is 50.3 Å². The standard InChI is InChI=1S/C23H28N4O3/c1-4-26(5-2)16-15-24-22(28)21-19-9-7-8-10-20(19)23(29)27(25-21)17-11-13-18(14-12-17)30-6-3/h7-14H,4-6,15-16H2,1-3H3,(H,24,28). The van der Waals surface area contributed by atoms with Crippen LogP contribution in [-0.4, -0.2) is 53.4 Å². The third-order valence-corrected chi connectivity index (χ3v) is 5.02. The Hall–Kier alpha value is -3.19. The molecule has 7 nitrogen and oxygen atoms in total. The zero-order chi connectivity index (χ0) is 21.5. The second kappa shape index (κ2) is 10.0. The fourth-order valence-corrected chi connectivity index (χ4v) is 3.33. The van der Waals surface area contributed by atoms with Gasteiger partial charge in [0.15, 0.2) is 5.69 Å². The van der Waals surface area contributed by atoms with Crippen molar-refractivity contribution in [1.29, 1.82) is 0 Å². The summed E-state index contributed by atoms with van der Waals surface area (Å²) in [6.45, 7) is 9.78. The molecule has 0 atom stereocenters. The summed E-state index contributed by atoms with van der Waals surface area (Å²) in [5, 5.41) is 8.36. The molecule has 30 heavy (non-hydrogen) atoms. The summed E-state index contributed by atoms with van der Waals surface area (Å²) in [6, 6.07) is 14.2. The molecule has 0 aliphatic heterocycles. The second-order valence-corrected chi connectivity index (χ2v) is 6.82. The number of benzene rings is 2. The second-order valence-electron chi connectivity index (χ2n) is 6.82. The van der Waals surface area contributed by atoms with Gasteiger partial charge in [0.1, 0.15) is 5.75 Å². The molecule has 2 aromatic carbocycles. The van der Waals surface area contributed by atoms with Crippen LogP contribution >= 0.6 is 0 Å². The van der Waals surface area contributed by atoms with Crippen LogP contribution in [0.5, 0.6) is 5.75 Å². The van der Waals surface area contributed by atoms with Gasteiger partial charge in [0, 0.05) is 18.5 Å². The Balaban J connectivity index is 1.97. The van der Waals surface area contributed by atoms with Gasteiger partial charge in [0.2, 0.25) is 0 Å². The summed E-state index contributed by atoms with van der Waals surface area (Å²) in [7, 11) is 0. The average Bonchev–Trinajstić information content (AvgIpc) is 2.78. The predicted octanol–water partition coefficient (Wildman–Crippen LogP) is 2.86. The van der Waals surface area contributed by atoms with Crippen molar-refractivity contribution < 1.29 is 9.53 Å². The van der Waals surface area contributed by atoms with E-state index in [4.69, 9.17) is 4.74 Å². The summed E-state index contributed by atoms with van der Waals surface area (Å²) < 4.78 is 6.74. The molecule has 0 spiro atoms. The monoisotopic (exact) mass is 408 g/mol. The number of hydrogen-bond acceptors (Lipinski definition) is 5. The first-order chi connectivity index (χ1) is 14.6. The van der Waals surface area contributed by atoms with E-state index in [-0.39, 0.29) is 17.2 Å². The Morgan fingerprint density at radius 3 is 2.33 bits per heavy atom. The van der Waals surface area contributed by atoms with Crippen LogP contribution < -0.4 is 15.6 Å². The van der Waals surface area contributed by atoms with E-state index in [1.807, 2.05) is 6.92 Å². The lowest BCUT2D eigenvalue weighted by atomic mass is 10.1. The largest absolute Gasteiger partial charge is 0.494 e. The molecule has 0 aliphatic carbocycles. The Kier molecular flexibility index (Phi) is 7.19. The highest BCUT2D eigenvalue weighted by Crippen LogP contribution is 2.17. The van der Waals surface area contributed by atoms with Gasteiger partial charge >= 0.3 is 0 Å². The lowest BCUT2D eigenvalue weighted by Crippen LogP contribution is -2.36. The number of nitrogens with zero attached hydrogens (tertiary/aromatic N) is 3. The van der Waals surface area contributed by atoms with Gasteiger partial charge in [0.25, 0.3) is 11.5 Å². The van der Waals surface area contributed by atoms with Gasteiger partial charge in [0.05, 0.1) is 17.7 Å². The molecule has 158 valence electrons. The molecule has 0 aliphatic rings. The number of ether oxygens (including phenoxy) is 1. The van der Waals surface area contributed by atoms with Crippen LogP contribution in [0.25, 0.3) is 16.5 Å². The molecule has 1 N–H and O–H groups in total. The SMILES string of the molecule is CCOc1ccc(-n2nc(C(=O)NCCN(CC)CC)c3ccccc3c2=O)cc1. The van der Waals surface area contributed by atoms with Crippen molar-refractivity contribution in [3.8, 4) is 11.4 Å². The molecular weight excluding hydrogens is 380 g/mol. The van der Waals surface area contributed by atoms with Crippen LogP contribution in [0.15, 0.2) is 53.3 Å². The zero-order valence-corrected chi connectivity index (χ0v) is 17.7. The normalized spacial score (nSPS) is 11.1. The van der Waals surface area contributed by atoms with Crippen LogP contribution in [0, 0.1) is 0 Å². The van der Waals surface area contributed by atoms with Gasteiger partial charge < -0.3 is 15.0 Å². The lowest BCUT2D eigenvalue weighted by Gasteiger charge is -2.18. The molecule has 3 rings (SSSR count). The molecule has 0 bridgehead atoms. The third-order valence-electron chi connectivity index (χ3n) is 5.02. The number of carbonyl (C=O) groups is 1. The number of fused-ring (bicyclic) bond motifs is 1. The zero-order valence-electron chi connectivity index (χ0n) is 17.7. The molecule has 0 fully saturated rings. The Labute approximate surface area is 176 Å². The topological polar surface area (TPSA) is 76.5 Å². The molecule has 0 radical (unpaired) electrons. The summed E-state index contributed by atoms with van der Waals surface area (Å²) in [6.07, 6.45) is 0. The first kappa shape index (κ1) is 21.5. The van der Waals surface area contributed by atoms with Gasteiger partial charge in [-0.1, -0.05) is 32.0 Å². The Morgan fingerprint density at radius 1 is 1.03 bits per heavy atom. The van der Waals surface area contributed by atoms with Crippen LogP contribution in [0.3, 0.4) is 0 Å². The van der Waals surface area contributed by atoms with Crippen molar-refractivity contribution in [2.24, 2.45) is 0 Å². The van der Waals surface area contributed by atoms with E-state index in [0.29, 0.717) is 35.4 Å². The Bertz CT molecular complexity index is 1060. The molecule has 0 saturated carbocycles. The van der Waals surface area contributed by atoms with Gasteiger partial charge in [-0.25, -0.2) is 0 Å². The molecule has 7 heteroatoms. The quantitative estimate of drug-likeness (QED) is 0.589. The summed E-state index contributed by atoms with van der Waals surface area (Å²) >= 11 is 0. The Morgan fingerprint density at radius 2 is 1.70 bits per heavy atom. The van der Waals surface area contributed by atoms with E-state index in [1.54, 1.807) is 48.5 Å². The van der Waals surface area contributed by atoms with Crippen molar-refractivity contribution in [1.82, 2.24) is 20.0 Å². The summed E-state index contributed by atoms with van der Waals surface area (Å²) in [5.41, 5.74) is 0.541. The number of aromatic nitrogens is 2. The van der Waals surface area contributed by atoms with E-state index in [1.165, 1.54) is 4.68 Å². The van der Waals surface area contributed by atoms with Crippen LogP contribution in [-0.2, 0) is 0 Å². The molecule has 1 aromatic heterocycles. The number of hydrogen-bond donors (Lipinski definition) is 1. The fourth-order valence-electron chi connectivity index (χ4n) is 3.33. The predicted molar refractivity (Wildman–Crippen MR) is 119 cm³/mol. The van der Waals surface area contributed by atoms with E-state index < -0.39 is 0 Å². The number of amides is 1. The van der Waals surface area contributed by atoms with Crippen molar-refractivity contribution in [3.05, 3.63) is 64.6 Å². The van der Waals surface area contributed by atoms with Crippen LogP contribution in [0.4, 0.5) is 0 Å². The van der Waals surface area contributed by atoms with Crippen LogP contribution in [0.2, 0.25) is 0 Å². The van der Waals surface area contributed by atoms with E-state index >= 15 is 0 Å². The minimum Gasteiger partial charge on any atom is -0.494 e. The molecular formula is C23H28N4O3. The van der Waals surface area contributed by atoms with Crippen molar-refractivity contribution in [2.45, 2.75) is 20.8 Å². The smallest absolute Gasteiger partial charge is 0.279 e. The summed E-state index contributed by atoms with van der Waals surface area (Å²) in [4.78, 5) is 28.2. The molecule has 1 amide bonds. The van der Waals surface area contributed by atoms with Crippen LogP contribution in [0.1, 0.15) is 31.3 Å². The lowest BCUT2D eigenvalue weighted by molar-refractivity contribution is 0.0944. The van der Waals surface area contributed by atoms with E-state index in [2.05, 4.69) is 29.2 Å². The first-order valence-corrected chi connectivity index (χ1v) is 10.3. The molecule has 1 heterocycles. The van der Waals surface area contributed by atoms with E-state index in [9.17, 15) is 9.59 Å². The van der Waals surface area contributed by atoms with Crippen molar-refractivity contribution in [2.75, 3.05) is 32.8 Å². The fraction of sp³-hybridized carbons (Fsp3) is 0.348. The highest BCUT2D eigenvalue weighted by atomic mass is 16.5. The summed E-state index contributed by atoms with van der Waals surface area (Å²) in [5.74, 6) is 0.419. The van der Waals surface area contributed by atoms with Crippen molar-refractivity contribution in [3.63, 3.8) is 0 Å². The number of carbonyl (C=O) groups excluding carboxylic acids is 1. The van der Waals surface area contributed by atoms with Crippen molar-refractivity contribution >= 4 is 16.7 Å². The molecule has 3 aromatic rings. The first-order valence-electron chi connectivity index (χ1n) is 10.3. The minimum atomic E-state index is -0.293. The van der Waals surface area contributed by atoms with Gasteiger partial charge in [-0.15, -0.1) is 0 Å². The van der Waals surface area contributed by atoms with Gasteiger partial charge in [-0.3, -0.25) is 9.59 Å². The third kappa shape index (κ3) is 4.68. The van der Waals surface area contributed by atoms with Gasteiger partial charge in [-0.2, -0.15) is 9.78 Å². The maximum absolute atomic E-state index is 13.0. The maximum Gasteiger partial charge on any atom is 0.279 e. The highest BCUT2D eigenvalue weighted by molar-refractivity contribution is 6.04. The van der Waals surface area contributed by atoms with E-state index in [0.717, 1.165) is 19.6 Å².